The summed E-state index contributed by atoms with van der Waals surface area (Å²) in [6.07, 6.45) is -0.183. The van der Waals surface area contributed by atoms with E-state index in [0.717, 1.165) is 0 Å². The molecule has 12 heavy (non-hydrogen) atoms. The fourth-order valence-corrected chi connectivity index (χ4v) is 1.16. The van der Waals surface area contributed by atoms with Crippen LogP contribution in [-0.4, -0.2) is 20.1 Å². The molecule has 0 bridgehead atoms. The van der Waals surface area contributed by atoms with Crippen LogP contribution < -0.4 is 10.8 Å². The van der Waals surface area contributed by atoms with Crippen LogP contribution in [0.1, 0.15) is 6.42 Å². The summed E-state index contributed by atoms with van der Waals surface area (Å²) < 4.78 is 0. The van der Waals surface area contributed by atoms with Gasteiger partial charge in [0, 0.05) is 12.4 Å². The van der Waals surface area contributed by atoms with Gasteiger partial charge in [0.05, 0.1) is 6.04 Å². The number of carboxylic acids is 1. The summed E-state index contributed by atoms with van der Waals surface area (Å²) in [6, 6.07) is -0.582. The van der Waals surface area contributed by atoms with Crippen LogP contribution in [0.3, 0.4) is 0 Å². The third-order valence-electron chi connectivity index (χ3n) is 1.02. The Morgan fingerprint density at radius 1 is 1.58 bits per heavy atom. The Balaban J connectivity index is 4.04. The van der Waals surface area contributed by atoms with Crippen molar-refractivity contribution in [3.8, 4) is 11.5 Å². The highest BCUT2D eigenvalue weighted by molar-refractivity contribution is 6.83. The van der Waals surface area contributed by atoms with Crippen molar-refractivity contribution >= 4 is 14.0 Å². The molecule has 2 N–H and O–H groups in total. The standard InChI is InChI=1S/C8H15NO2Si/c1-12(2,3)5-4-7(9)6-8(10)11/h7H,6,9H2,1-3H3,(H,10,11)/p-1. The number of nitrogens with two attached hydrogens (primary N) is 1. The number of rotatable bonds is 2. The van der Waals surface area contributed by atoms with Gasteiger partial charge in [0.1, 0.15) is 8.07 Å². The van der Waals surface area contributed by atoms with Gasteiger partial charge in [0.25, 0.3) is 0 Å². The molecule has 0 saturated heterocycles. The third kappa shape index (κ3) is 7.32. The van der Waals surface area contributed by atoms with Crippen LogP contribution in [0.15, 0.2) is 0 Å². The molecule has 1 unspecified atom stereocenters. The highest BCUT2D eigenvalue weighted by Gasteiger charge is 2.08. The zero-order chi connectivity index (χ0) is 9.78. The minimum Gasteiger partial charge on any atom is -0.550 e. The van der Waals surface area contributed by atoms with Crippen LogP contribution in [-0.2, 0) is 4.79 Å². The molecule has 1 atom stereocenters. The average Bonchev–Trinajstić information content (AvgIpc) is 1.80. The average molecular weight is 184 g/mol. The lowest BCUT2D eigenvalue weighted by Crippen LogP contribution is -2.31. The van der Waals surface area contributed by atoms with E-state index in [4.69, 9.17) is 5.73 Å². The number of carbonyl (C=O) groups is 1. The van der Waals surface area contributed by atoms with E-state index in [2.05, 4.69) is 31.1 Å². The molecule has 68 valence electrons. The Morgan fingerprint density at radius 3 is 2.42 bits per heavy atom. The quantitative estimate of drug-likeness (QED) is 0.457. The van der Waals surface area contributed by atoms with E-state index in [1.807, 2.05) is 0 Å². The van der Waals surface area contributed by atoms with Gasteiger partial charge in [0.2, 0.25) is 0 Å². The van der Waals surface area contributed by atoms with Gasteiger partial charge in [-0.25, -0.2) is 0 Å². The van der Waals surface area contributed by atoms with Gasteiger partial charge in [-0.2, -0.15) is 0 Å². The molecular formula is C8H14NO2Si-. The van der Waals surface area contributed by atoms with Crippen LogP contribution in [0.25, 0.3) is 0 Å². The van der Waals surface area contributed by atoms with Gasteiger partial charge in [-0.3, -0.25) is 0 Å². The first-order valence-electron chi connectivity index (χ1n) is 3.79. The lowest BCUT2D eigenvalue weighted by molar-refractivity contribution is -0.305. The maximum absolute atomic E-state index is 10.1. The van der Waals surface area contributed by atoms with Gasteiger partial charge in [-0.15, -0.1) is 5.54 Å². The predicted octanol–water partition coefficient (Wildman–Crippen LogP) is -0.665. The number of hydrogen-bond donors (Lipinski definition) is 1. The summed E-state index contributed by atoms with van der Waals surface area (Å²) in [4.78, 5) is 10.1. The molecule has 0 aliphatic rings. The Bertz CT molecular complexity index is 221. The zero-order valence-corrected chi connectivity index (χ0v) is 8.68. The number of aliphatic carboxylic acids is 1. The van der Waals surface area contributed by atoms with Gasteiger partial charge in [0.15, 0.2) is 0 Å². The summed E-state index contributed by atoms with van der Waals surface area (Å²) in [6.45, 7) is 6.23. The lowest BCUT2D eigenvalue weighted by Gasteiger charge is -2.07. The molecule has 0 amide bonds. The summed E-state index contributed by atoms with van der Waals surface area (Å²) in [7, 11) is -1.43. The minimum absolute atomic E-state index is 0.183. The van der Waals surface area contributed by atoms with Gasteiger partial charge >= 0.3 is 0 Å². The maximum atomic E-state index is 10.1. The molecule has 0 aromatic carbocycles. The summed E-state index contributed by atoms with van der Waals surface area (Å²) >= 11 is 0. The van der Waals surface area contributed by atoms with Crippen LogP contribution in [0.2, 0.25) is 19.6 Å². The number of carboxylic acid groups (broad SMARTS) is 1. The summed E-state index contributed by atoms with van der Waals surface area (Å²) in [5, 5.41) is 10.1. The Kier molecular flexibility index (Phi) is 4.00. The van der Waals surface area contributed by atoms with Crippen molar-refractivity contribution < 1.29 is 9.90 Å². The summed E-state index contributed by atoms with van der Waals surface area (Å²) in [5.74, 6) is 1.58. The molecule has 4 heteroatoms. The van der Waals surface area contributed by atoms with Crippen molar-refractivity contribution in [2.45, 2.75) is 32.1 Å². The Morgan fingerprint density at radius 2 is 2.08 bits per heavy atom. The number of carbonyl (C=O) groups excluding carboxylic acids is 1. The van der Waals surface area contributed by atoms with E-state index in [1.165, 1.54) is 0 Å². The molecule has 0 rings (SSSR count). The second-order valence-electron chi connectivity index (χ2n) is 3.70. The molecule has 0 aromatic rings. The van der Waals surface area contributed by atoms with Crippen LogP contribution in [0, 0.1) is 11.5 Å². The first-order valence-corrected chi connectivity index (χ1v) is 7.29. The Hall–Kier alpha value is -0.793. The first-order chi connectivity index (χ1) is 5.31. The maximum Gasteiger partial charge on any atom is 0.129 e. The normalized spacial score (nSPS) is 13.0. The molecule has 0 aliphatic heterocycles. The molecule has 0 fully saturated rings. The highest BCUT2D eigenvalue weighted by Crippen LogP contribution is 1.96. The molecular weight excluding hydrogens is 170 g/mol. The third-order valence-corrected chi connectivity index (χ3v) is 1.91. The monoisotopic (exact) mass is 184 g/mol. The van der Waals surface area contributed by atoms with Crippen molar-refractivity contribution in [1.82, 2.24) is 0 Å². The van der Waals surface area contributed by atoms with Crippen molar-refractivity contribution in [3.05, 3.63) is 0 Å². The predicted molar refractivity (Wildman–Crippen MR) is 48.7 cm³/mol. The van der Waals surface area contributed by atoms with Crippen LogP contribution in [0.4, 0.5) is 0 Å². The van der Waals surface area contributed by atoms with Gasteiger partial charge < -0.3 is 15.6 Å². The van der Waals surface area contributed by atoms with E-state index in [-0.39, 0.29) is 6.42 Å². The smallest absolute Gasteiger partial charge is 0.129 e. The zero-order valence-electron chi connectivity index (χ0n) is 7.68. The topological polar surface area (TPSA) is 66.2 Å². The molecule has 0 aromatic heterocycles. The molecule has 0 aliphatic carbocycles. The molecule has 3 nitrogen and oxygen atoms in total. The van der Waals surface area contributed by atoms with Crippen molar-refractivity contribution in [1.29, 1.82) is 0 Å². The first kappa shape index (κ1) is 11.2. The van der Waals surface area contributed by atoms with E-state index in [9.17, 15) is 9.90 Å². The van der Waals surface area contributed by atoms with Gasteiger partial charge in [-0.1, -0.05) is 25.6 Å². The summed E-state index contributed by atoms with van der Waals surface area (Å²) in [5.41, 5.74) is 8.41. The van der Waals surface area contributed by atoms with Gasteiger partial charge in [-0.05, 0) is 0 Å². The van der Waals surface area contributed by atoms with E-state index < -0.39 is 20.1 Å². The minimum atomic E-state index is -1.43. The lowest BCUT2D eigenvalue weighted by atomic mass is 10.2. The van der Waals surface area contributed by atoms with Crippen molar-refractivity contribution in [2.75, 3.05) is 0 Å². The second-order valence-corrected chi connectivity index (χ2v) is 8.45. The molecule has 0 saturated carbocycles. The fourth-order valence-electron chi connectivity index (χ4n) is 0.540. The second kappa shape index (κ2) is 4.29. The van der Waals surface area contributed by atoms with Crippen molar-refractivity contribution in [2.24, 2.45) is 5.73 Å². The van der Waals surface area contributed by atoms with E-state index >= 15 is 0 Å². The van der Waals surface area contributed by atoms with E-state index in [0.29, 0.717) is 0 Å². The fraction of sp³-hybridized carbons (Fsp3) is 0.625. The van der Waals surface area contributed by atoms with Crippen molar-refractivity contribution in [3.63, 3.8) is 0 Å². The highest BCUT2D eigenvalue weighted by atomic mass is 28.3. The number of hydrogen-bond acceptors (Lipinski definition) is 3. The van der Waals surface area contributed by atoms with Crippen LogP contribution >= 0.6 is 0 Å². The molecule has 0 heterocycles. The Labute approximate surface area is 74.0 Å². The van der Waals surface area contributed by atoms with Crippen LogP contribution in [0.5, 0.6) is 0 Å². The van der Waals surface area contributed by atoms with E-state index in [1.54, 1.807) is 0 Å². The largest absolute Gasteiger partial charge is 0.550 e. The SMILES string of the molecule is C[Si](C)(C)C#CC(N)CC(=O)[O-]. The molecule has 0 radical (unpaired) electrons. The molecule has 0 spiro atoms.